The molecule has 0 radical (unpaired) electrons. The topological polar surface area (TPSA) is 75.4 Å². The van der Waals surface area contributed by atoms with Crippen LogP contribution in [0.25, 0.3) is 0 Å². The second-order valence-electron chi connectivity index (χ2n) is 4.02. The molecule has 0 saturated heterocycles. The Morgan fingerprint density at radius 2 is 1.80 bits per heavy atom. The van der Waals surface area contributed by atoms with Gasteiger partial charge in [-0.15, -0.1) is 0 Å². The molecule has 0 spiro atoms. The number of anilines is 1. The number of non-ortho nitro benzene ring substituents is 1. The third kappa shape index (κ3) is 2.82. The monoisotopic (exact) mass is 280 g/mol. The number of nitrogens with zero attached hydrogens (tertiary/aromatic N) is 1. The minimum Gasteiger partial charge on any atom is -0.508 e. The summed E-state index contributed by atoms with van der Waals surface area (Å²) in [6.45, 7) is -0.0156. The van der Waals surface area contributed by atoms with Gasteiger partial charge in [0.2, 0.25) is 0 Å². The summed E-state index contributed by atoms with van der Waals surface area (Å²) in [4.78, 5) is 9.58. The van der Waals surface area contributed by atoms with Crippen molar-refractivity contribution in [1.82, 2.24) is 0 Å². The van der Waals surface area contributed by atoms with Gasteiger partial charge in [0.25, 0.3) is 5.69 Å². The molecule has 0 unspecified atom stereocenters. The minimum absolute atomic E-state index is 0.0114. The van der Waals surface area contributed by atoms with Gasteiger partial charge in [0.1, 0.15) is 11.4 Å². The Kier molecular flexibility index (Phi) is 3.79. The average Bonchev–Trinajstić information content (AvgIpc) is 2.39. The normalized spacial score (nSPS) is 10.3. The molecule has 5 nitrogen and oxygen atoms in total. The Bertz CT molecular complexity index is 639. The summed E-state index contributed by atoms with van der Waals surface area (Å²) in [7, 11) is 0. The average molecular weight is 280 g/mol. The van der Waals surface area contributed by atoms with E-state index >= 15 is 0 Å². The van der Waals surface area contributed by atoms with E-state index in [1.807, 2.05) is 0 Å². The molecule has 7 heteroatoms. The van der Waals surface area contributed by atoms with Crippen molar-refractivity contribution in [3.8, 4) is 5.75 Å². The van der Waals surface area contributed by atoms with E-state index in [9.17, 15) is 24.0 Å². The first-order valence-corrected chi connectivity index (χ1v) is 5.63. The van der Waals surface area contributed by atoms with Crippen LogP contribution in [0.15, 0.2) is 36.4 Å². The second kappa shape index (κ2) is 5.52. The molecule has 2 aromatic carbocycles. The van der Waals surface area contributed by atoms with Crippen molar-refractivity contribution in [2.24, 2.45) is 0 Å². The first-order valence-electron chi connectivity index (χ1n) is 5.63. The van der Waals surface area contributed by atoms with Crippen LogP contribution in [0.4, 0.5) is 20.2 Å². The van der Waals surface area contributed by atoms with E-state index in [2.05, 4.69) is 5.32 Å². The van der Waals surface area contributed by atoms with Gasteiger partial charge in [-0.1, -0.05) is 18.2 Å². The van der Waals surface area contributed by atoms with Crippen molar-refractivity contribution in [3.63, 3.8) is 0 Å². The van der Waals surface area contributed by atoms with E-state index in [0.717, 1.165) is 0 Å². The van der Waals surface area contributed by atoms with Gasteiger partial charge >= 0.3 is 0 Å². The van der Waals surface area contributed by atoms with E-state index < -0.39 is 27.9 Å². The first-order chi connectivity index (χ1) is 9.49. The molecule has 2 N–H and O–H groups in total. The molecule has 0 bridgehead atoms. The minimum atomic E-state index is -1.06. The van der Waals surface area contributed by atoms with Crippen LogP contribution in [0.1, 0.15) is 5.56 Å². The molecule has 0 atom stereocenters. The number of nitro groups is 1. The number of nitrogens with one attached hydrogen (secondary N) is 1. The molecule has 104 valence electrons. The fourth-order valence-corrected chi connectivity index (χ4v) is 1.68. The summed E-state index contributed by atoms with van der Waals surface area (Å²) in [5.41, 5.74) is -0.684. The highest BCUT2D eigenvalue weighted by Gasteiger charge is 2.17. The van der Waals surface area contributed by atoms with Crippen molar-refractivity contribution in [2.75, 3.05) is 5.32 Å². The number of hydrogen-bond donors (Lipinski definition) is 2. The lowest BCUT2D eigenvalue weighted by Crippen LogP contribution is -2.05. The Morgan fingerprint density at radius 3 is 2.35 bits per heavy atom. The molecule has 2 rings (SSSR count). The summed E-state index contributed by atoms with van der Waals surface area (Å²) in [5.74, 6) is -2.14. The number of rotatable bonds is 4. The van der Waals surface area contributed by atoms with E-state index in [4.69, 9.17) is 0 Å². The molecule has 2 aromatic rings. The predicted octanol–water partition coefficient (Wildman–Crippen LogP) is 3.19. The van der Waals surface area contributed by atoms with E-state index in [0.29, 0.717) is 17.7 Å². The zero-order chi connectivity index (χ0) is 14.7. The number of phenols is 1. The molecule has 0 fully saturated rings. The maximum Gasteiger partial charge on any atom is 0.275 e. The molecule has 0 aromatic heterocycles. The Morgan fingerprint density at radius 1 is 1.20 bits per heavy atom. The number of halogens is 2. The van der Waals surface area contributed by atoms with Crippen molar-refractivity contribution in [2.45, 2.75) is 6.54 Å². The Balaban J connectivity index is 2.22. The summed E-state index contributed by atoms with van der Waals surface area (Å²) in [6, 6.07) is 7.58. The van der Waals surface area contributed by atoms with Gasteiger partial charge in [-0.05, 0) is 6.07 Å². The zero-order valence-corrected chi connectivity index (χ0v) is 10.1. The fourth-order valence-electron chi connectivity index (χ4n) is 1.68. The molecule has 20 heavy (non-hydrogen) atoms. The third-order valence-corrected chi connectivity index (χ3v) is 2.68. The van der Waals surface area contributed by atoms with Crippen LogP contribution in [-0.4, -0.2) is 10.0 Å². The van der Waals surface area contributed by atoms with Crippen molar-refractivity contribution in [3.05, 3.63) is 63.7 Å². The summed E-state index contributed by atoms with van der Waals surface area (Å²) in [5, 5.41) is 22.5. The van der Waals surface area contributed by atoms with Gasteiger partial charge in [-0.2, -0.15) is 0 Å². The number of nitro benzene ring substituents is 1. The quantitative estimate of drug-likeness (QED) is 0.666. The van der Waals surface area contributed by atoms with Gasteiger partial charge < -0.3 is 10.4 Å². The van der Waals surface area contributed by atoms with E-state index in [1.54, 1.807) is 18.2 Å². The standard InChI is InChI=1S/C13H10F2N2O3/c14-10-5-9(17(19)20)6-11(15)13(10)16-7-8-3-1-2-4-12(8)18/h1-6,16,18H,7H2. The SMILES string of the molecule is O=[N+]([O-])c1cc(F)c(NCc2ccccc2O)c(F)c1. The van der Waals surface area contributed by atoms with Gasteiger partial charge in [0.15, 0.2) is 11.6 Å². The van der Waals surface area contributed by atoms with Crippen LogP contribution in [-0.2, 0) is 6.54 Å². The lowest BCUT2D eigenvalue weighted by atomic mass is 10.2. The molecule has 0 aliphatic heterocycles. The molecule has 0 heterocycles. The smallest absolute Gasteiger partial charge is 0.275 e. The Hall–Kier alpha value is -2.70. The van der Waals surface area contributed by atoms with Crippen molar-refractivity contribution < 1.29 is 18.8 Å². The lowest BCUT2D eigenvalue weighted by Gasteiger charge is -2.09. The molecule has 0 saturated carbocycles. The fraction of sp³-hybridized carbons (Fsp3) is 0.0769. The first kappa shape index (κ1) is 13.7. The third-order valence-electron chi connectivity index (χ3n) is 2.68. The van der Waals surface area contributed by atoms with Gasteiger partial charge in [0, 0.05) is 12.1 Å². The summed E-state index contributed by atoms with van der Waals surface area (Å²) < 4.78 is 27.2. The van der Waals surface area contributed by atoms with Crippen molar-refractivity contribution in [1.29, 1.82) is 0 Å². The van der Waals surface area contributed by atoms with Crippen LogP contribution in [0.3, 0.4) is 0 Å². The number of aromatic hydroxyl groups is 1. The maximum absolute atomic E-state index is 13.6. The highest BCUT2D eigenvalue weighted by Crippen LogP contribution is 2.26. The number of hydrogen-bond acceptors (Lipinski definition) is 4. The maximum atomic E-state index is 13.6. The number of phenolic OH excluding ortho intramolecular Hbond substituents is 1. The molecule has 0 amide bonds. The van der Waals surface area contributed by atoms with Gasteiger partial charge in [-0.3, -0.25) is 10.1 Å². The highest BCUT2D eigenvalue weighted by atomic mass is 19.1. The second-order valence-corrected chi connectivity index (χ2v) is 4.02. The van der Waals surface area contributed by atoms with Crippen molar-refractivity contribution >= 4 is 11.4 Å². The van der Waals surface area contributed by atoms with Crippen LogP contribution >= 0.6 is 0 Å². The van der Waals surface area contributed by atoms with Crippen LogP contribution in [0.2, 0.25) is 0 Å². The van der Waals surface area contributed by atoms with Crippen LogP contribution in [0.5, 0.6) is 5.75 Å². The molecular formula is C13H10F2N2O3. The molecule has 0 aliphatic carbocycles. The van der Waals surface area contributed by atoms with E-state index in [1.165, 1.54) is 6.07 Å². The van der Waals surface area contributed by atoms with Crippen LogP contribution < -0.4 is 5.32 Å². The predicted molar refractivity (Wildman–Crippen MR) is 68.4 cm³/mol. The largest absolute Gasteiger partial charge is 0.508 e. The summed E-state index contributed by atoms with van der Waals surface area (Å²) in [6.07, 6.45) is 0. The lowest BCUT2D eigenvalue weighted by molar-refractivity contribution is -0.385. The Labute approximate surface area is 112 Å². The van der Waals surface area contributed by atoms with E-state index in [-0.39, 0.29) is 12.3 Å². The summed E-state index contributed by atoms with van der Waals surface area (Å²) >= 11 is 0. The van der Waals surface area contributed by atoms with Gasteiger partial charge in [-0.25, -0.2) is 8.78 Å². The van der Waals surface area contributed by atoms with Crippen LogP contribution in [0, 0.1) is 21.7 Å². The molecule has 0 aliphatic rings. The molecular weight excluding hydrogens is 270 g/mol. The highest BCUT2D eigenvalue weighted by molar-refractivity contribution is 5.52. The number of benzene rings is 2. The number of para-hydroxylation sites is 1. The zero-order valence-electron chi connectivity index (χ0n) is 10.1. The van der Waals surface area contributed by atoms with Gasteiger partial charge in [0.05, 0.1) is 17.1 Å².